The standard InChI is InChI=1S/C20H22FN5O/c1-25-12-16(11-23-25)14-2-3-15-10-22-20(24-19(15)8-14)9-18(27)13-26-6-4-17(21)5-7-26/h2-3,8,10-12,17H,4-7,9,13H2,1H3. The molecule has 0 bridgehead atoms. The van der Waals surface area contributed by atoms with E-state index in [1.807, 2.05) is 42.5 Å². The fraction of sp³-hybridized carbons (Fsp3) is 0.400. The van der Waals surface area contributed by atoms with Crippen LogP contribution in [0, 0.1) is 0 Å². The van der Waals surface area contributed by atoms with E-state index >= 15 is 0 Å². The van der Waals surface area contributed by atoms with Gasteiger partial charge in [0.25, 0.3) is 0 Å². The number of likely N-dealkylation sites (tertiary alicyclic amines) is 1. The highest BCUT2D eigenvalue weighted by Gasteiger charge is 2.20. The third-order valence-corrected chi connectivity index (χ3v) is 4.94. The predicted molar refractivity (Wildman–Crippen MR) is 101 cm³/mol. The van der Waals surface area contributed by atoms with Crippen LogP contribution in [0.5, 0.6) is 0 Å². The highest BCUT2D eigenvalue weighted by atomic mass is 19.1. The number of benzene rings is 1. The van der Waals surface area contributed by atoms with Gasteiger partial charge in [-0.3, -0.25) is 14.4 Å². The van der Waals surface area contributed by atoms with Crippen LogP contribution in [0.1, 0.15) is 18.7 Å². The van der Waals surface area contributed by atoms with Gasteiger partial charge in [-0.1, -0.05) is 12.1 Å². The lowest BCUT2D eigenvalue weighted by Gasteiger charge is -2.27. The summed E-state index contributed by atoms with van der Waals surface area (Å²) in [4.78, 5) is 23.3. The minimum absolute atomic E-state index is 0.0649. The summed E-state index contributed by atoms with van der Waals surface area (Å²) in [6, 6.07) is 5.99. The van der Waals surface area contributed by atoms with Gasteiger partial charge in [-0.05, 0) is 24.5 Å². The van der Waals surface area contributed by atoms with Crippen LogP contribution in [0.2, 0.25) is 0 Å². The van der Waals surface area contributed by atoms with E-state index in [1.165, 1.54) is 0 Å². The van der Waals surface area contributed by atoms with Crippen molar-refractivity contribution in [3.8, 4) is 11.1 Å². The van der Waals surface area contributed by atoms with E-state index in [9.17, 15) is 9.18 Å². The molecule has 1 aliphatic rings. The maximum Gasteiger partial charge on any atom is 0.154 e. The number of carbonyl (C=O) groups is 1. The van der Waals surface area contributed by atoms with Gasteiger partial charge < -0.3 is 0 Å². The summed E-state index contributed by atoms with van der Waals surface area (Å²) in [7, 11) is 1.88. The summed E-state index contributed by atoms with van der Waals surface area (Å²) >= 11 is 0. The van der Waals surface area contributed by atoms with Gasteiger partial charge in [0.2, 0.25) is 0 Å². The number of hydrogen-bond acceptors (Lipinski definition) is 5. The van der Waals surface area contributed by atoms with Crippen LogP contribution in [0.25, 0.3) is 22.0 Å². The molecule has 27 heavy (non-hydrogen) atoms. The van der Waals surface area contributed by atoms with Crippen LogP contribution in [0.15, 0.2) is 36.8 Å². The van der Waals surface area contributed by atoms with Gasteiger partial charge in [0.1, 0.15) is 12.0 Å². The Morgan fingerprint density at radius 1 is 1.22 bits per heavy atom. The van der Waals surface area contributed by atoms with Crippen LogP contribution in [0.4, 0.5) is 4.39 Å². The Labute approximate surface area is 157 Å². The molecule has 2 aromatic heterocycles. The van der Waals surface area contributed by atoms with Gasteiger partial charge in [0.15, 0.2) is 5.78 Å². The van der Waals surface area contributed by atoms with Crippen molar-refractivity contribution in [2.24, 2.45) is 7.05 Å². The van der Waals surface area contributed by atoms with Gasteiger partial charge in [0, 0.05) is 43.5 Å². The van der Waals surface area contributed by atoms with Crippen molar-refractivity contribution >= 4 is 16.7 Å². The lowest BCUT2D eigenvalue weighted by Crippen LogP contribution is -2.38. The SMILES string of the molecule is Cn1cc(-c2ccc3cnc(CC(=O)CN4CCC(F)CC4)nc3c2)cn1. The first-order chi connectivity index (χ1) is 13.1. The fourth-order valence-electron chi connectivity index (χ4n) is 3.44. The van der Waals surface area contributed by atoms with Gasteiger partial charge in [0.05, 0.1) is 24.7 Å². The van der Waals surface area contributed by atoms with E-state index < -0.39 is 6.17 Å². The number of aryl methyl sites for hydroxylation is 1. The summed E-state index contributed by atoms with van der Waals surface area (Å²) in [5.41, 5.74) is 2.86. The van der Waals surface area contributed by atoms with E-state index in [0.717, 1.165) is 22.0 Å². The van der Waals surface area contributed by atoms with E-state index in [-0.39, 0.29) is 12.2 Å². The highest BCUT2D eigenvalue weighted by molar-refractivity contribution is 5.85. The van der Waals surface area contributed by atoms with E-state index in [2.05, 4.69) is 15.1 Å². The Morgan fingerprint density at radius 2 is 2.04 bits per heavy atom. The summed E-state index contributed by atoms with van der Waals surface area (Å²) in [6.07, 6.45) is 6.01. The van der Waals surface area contributed by atoms with Gasteiger partial charge in [-0.2, -0.15) is 5.10 Å². The maximum absolute atomic E-state index is 13.2. The molecule has 140 valence electrons. The van der Waals surface area contributed by atoms with E-state index in [1.54, 1.807) is 10.9 Å². The van der Waals surface area contributed by atoms with Crippen LogP contribution in [-0.4, -0.2) is 56.2 Å². The molecule has 7 heteroatoms. The number of ketones is 1. The quantitative estimate of drug-likeness (QED) is 0.694. The summed E-state index contributed by atoms with van der Waals surface area (Å²) in [6.45, 7) is 1.61. The average Bonchev–Trinajstić information content (AvgIpc) is 3.09. The molecule has 0 aliphatic carbocycles. The van der Waals surface area contributed by atoms with Crippen molar-refractivity contribution < 1.29 is 9.18 Å². The zero-order valence-corrected chi connectivity index (χ0v) is 15.3. The number of halogens is 1. The molecule has 1 fully saturated rings. The number of nitrogens with zero attached hydrogens (tertiary/aromatic N) is 5. The molecular formula is C20H22FN5O. The van der Waals surface area contributed by atoms with Crippen LogP contribution in [0.3, 0.4) is 0 Å². The number of rotatable bonds is 5. The van der Waals surface area contributed by atoms with Crippen molar-refractivity contribution in [1.29, 1.82) is 0 Å². The Kier molecular flexibility index (Phi) is 4.94. The molecule has 0 amide bonds. The summed E-state index contributed by atoms with van der Waals surface area (Å²) < 4.78 is 15.0. The van der Waals surface area contributed by atoms with Crippen molar-refractivity contribution in [3.63, 3.8) is 0 Å². The molecule has 0 saturated carbocycles. The third kappa shape index (κ3) is 4.19. The van der Waals surface area contributed by atoms with Gasteiger partial charge in [-0.25, -0.2) is 14.4 Å². The second kappa shape index (κ2) is 7.52. The normalized spacial score (nSPS) is 16.1. The van der Waals surface area contributed by atoms with Crippen LogP contribution < -0.4 is 0 Å². The molecule has 0 spiro atoms. The molecule has 3 heterocycles. The topological polar surface area (TPSA) is 63.9 Å². The number of fused-ring (bicyclic) bond motifs is 1. The van der Waals surface area contributed by atoms with E-state index in [0.29, 0.717) is 38.3 Å². The Bertz CT molecular complexity index is 962. The van der Waals surface area contributed by atoms with Gasteiger partial charge in [-0.15, -0.1) is 0 Å². The Balaban J connectivity index is 1.48. The molecule has 1 saturated heterocycles. The smallest absolute Gasteiger partial charge is 0.154 e. The molecule has 0 atom stereocenters. The molecular weight excluding hydrogens is 345 g/mol. The molecule has 0 unspecified atom stereocenters. The largest absolute Gasteiger partial charge is 0.298 e. The number of hydrogen-bond donors (Lipinski definition) is 0. The van der Waals surface area contributed by atoms with E-state index in [4.69, 9.17) is 0 Å². The van der Waals surface area contributed by atoms with Crippen molar-refractivity contribution in [2.75, 3.05) is 19.6 Å². The molecule has 1 aromatic carbocycles. The first-order valence-electron chi connectivity index (χ1n) is 9.19. The van der Waals surface area contributed by atoms with Crippen LogP contribution >= 0.6 is 0 Å². The highest BCUT2D eigenvalue weighted by Crippen LogP contribution is 2.23. The zero-order chi connectivity index (χ0) is 18.8. The predicted octanol–water partition coefficient (Wildman–Crippen LogP) is 2.58. The molecule has 4 rings (SSSR count). The van der Waals surface area contributed by atoms with Crippen molar-refractivity contribution in [2.45, 2.75) is 25.4 Å². The molecule has 1 aliphatic heterocycles. The Hall–Kier alpha value is -2.67. The minimum atomic E-state index is -0.728. The first-order valence-corrected chi connectivity index (χ1v) is 9.19. The lowest BCUT2D eigenvalue weighted by molar-refractivity contribution is -0.120. The zero-order valence-electron chi connectivity index (χ0n) is 15.3. The fourth-order valence-corrected chi connectivity index (χ4v) is 3.44. The number of carbonyl (C=O) groups excluding carboxylic acids is 1. The third-order valence-electron chi connectivity index (χ3n) is 4.94. The number of aromatic nitrogens is 4. The molecule has 6 nitrogen and oxygen atoms in total. The van der Waals surface area contributed by atoms with Crippen LogP contribution in [-0.2, 0) is 18.3 Å². The van der Waals surface area contributed by atoms with Gasteiger partial charge >= 0.3 is 0 Å². The summed E-state index contributed by atoms with van der Waals surface area (Å²) in [5.74, 6) is 0.589. The minimum Gasteiger partial charge on any atom is -0.298 e. The average molecular weight is 367 g/mol. The lowest BCUT2D eigenvalue weighted by atomic mass is 10.1. The number of alkyl halides is 1. The summed E-state index contributed by atoms with van der Waals surface area (Å²) in [5, 5.41) is 5.14. The van der Waals surface area contributed by atoms with Crippen molar-refractivity contribution in [3.05, 3.63) is 42.6 Å². The second-order valence-electron chi connectivity index (χ2n) is 7.13. The molecule has 3 aromatic rings. The second-order valence-corrected chi connectivity index (χ2v) is 7.13. The Morgan fingerprint density at radius 3 is 2.78 bits per heavy atom. The molecule has 0 N–H and O–H groups in total. The maximum atomic E-state index is 13.2. The first kappa shape index (κ1) is 17.7. The van der Waals surface area contributed by atoms with Crippen molar-refractivity contribution in [1.82, 2.24) is 24.6 Å². The molecule has 0 radical (unpaired) electrons. The number of Topliss-reactive ketones (excluding diaryl/α,β-unsaturated/α-hetero) is 1. The number of piperidine rings is 1. The monoisotopic (exact) mass is 367 g/mol.